The topological polar surface area (TPSA) is 148 Å². The summed E-state index contributed by atoms with van der Waals surface area (Å²) in [6, 6.07) is 4.83. The predicted octanol–water partition coefficient (Wildman–Crippen LogP) is 15.0. The molecule has 0 spiro atoms. The van der Waals surface area contributed by atoms with Gasteiger partial charge in [-0.05, 0) is 168 Å². The third kappa shape index (κ3) is 57.7. The van der Waals surface area contributed by atoms with Crippen molar-refractivity contribution in [3.63, 3.8) is 0 Å². The molecule has 76 heavy (non-hydrogen) atoms. The third-order valence-electron chi connectivity index (χ3n) is 8.65. The van der Waals surface area contributed by atoms with Gasteiger partial charge in [-0.25, -0.2) is 0 Å². The molecule has 0 unspecified atom stereocenters. The van der Waals surface area contributed by atoms with Gasteiger partial charge in [0.2, 0.25) is 0 Å². The van der Waals surface area contributed by atoms with E-state index in [2.05, 4.69) is 131 Å². The summed E-state index contributed by atoms with van der Waals surface area (Å²) in [6.45, 7) is 55.0. The second-order valence-electron chi connectivity index (χ2n) is 22.2. The summed E-state index contributed by atoms with van der Waals surface area (Å²) in [5.74, 6) is 0. The molecule has 0 saturated heterocycles. The molecule has 0 aliphatic heterocycles. The van der Waals surface area contributed by atoms with E-state index < -0.39 is 102 Å². The van der Waals surface area contributed by atoms with Crippen LogP contribution in [-0.2, 0) is 68.3 Å². The minimum Gasteiger partial charge on any atom is -0.437 e. The zero-order valence-corrected chi connectivity index (χ0v) is 64.2. The van der Waals surface area contributed by atoms with Crippen LogP contribution in [0.4, 0.5) is 0 Å². The lowest BCUT2D eigenvalue weighted by molar-refractivity contribution is 0.0402. The van der Waals surface area contributed by atoms with Gasteiger partial charge in [0.05, 0.1) is 0 Å². The molecule has 0 saturated carbocycles. The Kier molecular flexibility index (Phi) is 64.5. The highest BCUT2D eigenvalue weighted by molar-refractivity contribution is 6.90. The fourth-order valence-electron chi connectivity index (χ4n) is 6.98. The van der Waals surface area contributed by atoms with E-state index in [1.807, 2.05) is 51.8 Å². The van der Waals surface area contributed by atoms with Gasteiger partial charge < -0.3 is 68.3 Å². The molecule has 0 rings (SSSR count). The highest BCUT2D eigenvalue weighted by Crippen LogP contribution is 2.27. The summed E-state index contributed by atoms with van der Waals surface area (Å²) >= 11 is 0. The first-order valence-electron chi connectivity index (χ1n) is 23.4. The van der Waals surface area contributed by atoms with Crippen LogP contribution in [0.3, 0.4) is 0 Å². The van der Waals surface area contributed by atoms with Gasteiger partial charge in [0.1, 0.15) is 0 Å². The van der Waals surface area contributed by atoms with Crippen molar-refractivity contribution in [2.75, 3.05) is 56.9 Å². The first-order chi connectivity index (χ1) is 30.3. The molecule has 0 aromatic carbocycles. The van der Waals surface area contributed by atoms with Crippen molar-refractivity contribution >= 4 is 122 Å². The Morgan fingerprint density at radius 2 is 0.500 bits per heavy atom. The average molecular weight is 1340 g/mol. The van der Waals surface area contributed by atoms with Gasteiger partial charge in [-0.3, -0.25) is 0 Å². The Bertz CT molecular complexity index is 1350. The first kappa shape index (κ1) is 106. The van der Waals surface area contributed by atoms with Gasteiger partial charge in [-0.1, -0.05) is 70.8 Å². The average Bonchev–Trinajstić information content (AvgIpc) is 3.13. The lowest BCUT2D eigenvalue weighted by Gasteiger charge is -2.37. The molecule has 0 radical (unpaired) electrons. The van der Waals surface area contributed by atoms with Crippen LogP contribution in [0, 0.1) is 0 Å². The van der Waals surface area contributed by atoms with Gasteiger partial charge in [-0.15, -0.1) is 13.2 Å². The van der Waals surface area contributed by atoms with Crippen LogP contribution in [0.2, 0.25) is 168 Å². The Morgan fingerprint density at radius 1 is 0.303 bits per heavy atom. The molecule has 16 nitrogen and oxygen atoms in total. The molecule has 0 aliphatic rings. The molecule has 0 fully saturated rings. The number of rotatable bonds is 32. The Hall–Kier alpha value is 1.88. The van der Waals surface area contributed by atoms with Crippen LogP contribution in [-0.4, -0.2) is 179 Å². The molecule has 0 aliphatic carbocycles. The summed E-state index contributed by atoms with van der Waals surface area (Å²) < 4.78 is 91.1. The molecule has 0 heterocycles. The van der Waals surface area contributed by atoms with Gasteiger partial charge in [0, 0.05) is 56.9 Å². The molecule has 0 aromatic heterocycles. The lowest BCUT2D eigenvalue weighted by Crippen LogP contribution is -2.57. The quantitative estimate of drug-likeness (QED) is 0.0464. The SMILES string of the molecule is C.C.C.C.C.C.C.C.C=C[Si](C)(C)O[Si](C)(C)O[Si](C)(C)CC[SiH2]OC.C=C[Si](C)(C)O[Si](C)(C)O[Si](OC)(OC)OC.CO[SiH2]CC[Si](C)(C)O[Si](C)(C)O[Si](C)(C)C.CO[Si](OC)(OC)O[Si](C)(C)O[Si](C)(C)C. The fourth-order valence-corrected chi connectivity index (χ4v) is 59.6. The minimum atomic E-state index is -3.04. The van der Waals surface area contributed by atoms with Crippen molar-refractivity contribution < 1.29 is 68.3 Å². The monoisotopic (exact) mass is 1340 g/mol. The number of hydrogen-bond acceptors (Lipinski definition) is 16. The summed E-state index contributed by atoms with van der Waals surface area (Å²) in [7, 11) is -12.5. The second kappa shape index (κ2) is 46.2. The Labute approximate surface area is 495 Å². The highest BCUT2D eigenvalue weighted by Gasteiger charge is 2.51. The summed E-state index contributed by atoms with van der Waals surface area (Å²) in [4.78, 5) is 0. The van der Waals surface area contributed by atoms with Crippen LogP contribution in [0.5, 0.6) is 0 Å². The molecule has 30 heteroatoms. The van der Waals surface area contributed by atoms with Crippen molar-refractivity contribution in [2.24, 2.45) is 0 Å². The molecule has 0 amide bonds. The van der Waals surface area contributed by atoms with Gasteiger partial charge >= 0.3 is 52.3 Å². The van der Waals surface area contributed by atoms with Crippen molar-refractivity contribution in [2.45, 2.75) is 228 Å². The van der Waals surface area contributed by atoms with Crippen LogP contribution < -0.4 is 0 Å². The zero-order valence-electron chi connectivity index (χ0n) is 49.3. The molecule has 0 atom stereocenters. The largest absolute Gasteiger partial charge is 0.669 e. The minimum absolute atomic E-state index is 0. The van der Waals surface area contributed by atoms with E-state index in [4.69, 9.17) is 68.3 Å². The molecular weight excluding hydrogens is 1200 g/mol. The lowest BCUT2D eigenvalue weighted by atomic mass is 10.9. The first-order valence-corrected chi connectivity index (χ1v) is 60.1. The normalized spacial score (nSPS) is 12.8. The Morgan fingerprint density at radius 3 is 0.684 bits per heavy atom. The Balaban J connectivity index is -0.0000000695. The van der Waals surface area contributed by atoms with E-state index in [0.29, 0.717) is 0 Å². The molecule has 476 valence electrons. The summed E-state index contributed by atoms with van der Waals surface area (Å²) in [5, 5.41) is 0. The van der Waals surface area contributed by atoms with Crippen molar-refractivity contribution in [1.29, 1.82) is 0 Å². The van der Waals surface area contributed by atoms with E-state index in [0.717, 1.165) is 0 Å². The van der Waals surface area contributed by atoms with Gasteiger partial charge in [0.25, 0.3) is 0 Å². The second-order valence-corrected chi connectivity index (χ2v) is 71.5. The van der Waals surface area contributed by atoms with E-state index >= 15 is 0 Å². The van der Waals surface area contributed by atoms with Crippen molar-refractivity contribution in [3.8, 4) is 0 Å². The van der Waals surface area contributed by atoms with Crippen LogP contribution >= 0.6 is 0 Å². The highest BCUT2D eigenvalue weighted by atomic mass is 28.5. The number of hydrogen-bond donors (Lipinski definition) is 0. The summed E-state index contributed by atoms with van der Waals surface area (Å²) in [5.41, 5.74) is 3.86. The predicted molar refractivity (Wildman–Crippen MR) is 373 cm³/mol. The third-order valence-corrected chi connectivity index (χ3v) is 51.5. The van der Waals surface area contributed by atoms with Crippen LogP contribution in [0.1, 0.15) is 59.4 Å². The van der Waals surface area contributed by atoms with E-state index in [1.165, 1.54) is 66.8 Å². The van der Waals surface area contributed by atoms with Gasteiger partial charge in [-0.2, -0.15) is 0 Å². The van der Waals surface area contributed by atoms with Crippen LogP contribution in [0.25, 0.3) is 0 Å². The van der Waals surface area contributed by atoms with Crippen LogP contribution in [0.15, 0.2) is 24.6 Å². The molecular formula is C46H140O16Si14. The van der Waals surface area contributed by atoms with Crippen molar-refractivity contribution in [1.82, 2.24) is 0 Å². The van der Waals surface area contributed by atoms with E-state index in [1.54, 1.807) is 0 Å². The maximum atomic E-state index is 6.42. The standard InChI is InChI=1S/C11H30O3Si4.C10H30O3Si4.C9H24O5Si3.C8H24O5Si3.8CH4/c1-9-16(3,4)13-18(7,8)14-17(5,6)11-10-15-12-2;1-11-14-9-10-16(5,6)13-17(7,8)12-15(2,3)4;1-9-15(5,6)13-16(7,8)14-17(10-2,11-3)12-4;1-9-16(10-2,11-3)13-15(7,8)12-14(4,5)6;;;;;;;;/h9H,1,10-11,15H2,2-8H3;9-10,14H2,1-8H3;9H,1H2,2-8H3;1-8H3;8*1H4. The zero-order chi connectivity index (χ0) is 55.0. The molecule has 0 aromatic rings. The molecule has 0 bridgehead atoms. The molecule has 0 N–H and O–H groups in total. The van der Waals surface area contributed by atoms with Crippen molar-refractivity contribution in [3.05, 3.63) is 24.6 Å². The maximum Gasteiger partial charge on any atom is 0.669 e. The maximum absolute atomic E-state index is 6.42. The van der Waals surface area contributed by atoms with E-state index in [9.17, 15) is 0 Å². The summed E-state index contributed by atoms with van der Waals surface area (Å²) in [6.07, 6.45) is 0. The smallest absolute Gasteiger partial charge is 0.437 e. The van der Waals surface area contributed by atoms with E-state index in [-0.39, 0.29) is 78.9 Å². The fraction of sp³-hybridized carbons (Fsp3) is 0.913. The van der Waals surface area contributed by atoms with Gasteiger partial charge in [0.15, 0.2) is 69.4 Å².